The summed E-state index contributed by atoms with van der Waals surface area (Å²) >= 11 is 0. The van der Waals surface area contributed by atoms with Crippen molar-refractivity contribution in [1.29, 1.82) is 0 Å². The Morgan fingerprint density at radius 1 is 1.40 bits per heavy atom. The smallest absolute Gasteiger partial charge is 0.310 e. The molecular formula is C17H22O3. The molecule has 0 aromatic heterocycles. The van der Waals surface area contributed by atoms with E-state index >= 15 is 0 Å². The van der Waals surface area contributed by atoms with Gasteiger partial charge in [-0.2, -0.15) is 0 Å². The first-order valence-corrected chi connectivity index (χ1v) is 7.01. The average molecular weight is 274 g/mol. The zero-order chi connectivity index (χ0) is 14.8. The van der Waals surface area contributed by atoms with Crippen molar-refractivity contribution in [2.45, 2.75) is 32.6 Å². The van der Waals surface area contributed by atoms with Crippen LogP contribution in [0.2, 0.25) is 0 Å². The lowest BCUT2D eigenvalue weighted by atomic mass is 9.74. The summed E-state index contributed by atoms with van der Waals surface area (Å²) in [5.41, 5.74) is 1.90. The Kier molecular flexibility index (Phi) is 4.17. The molecule has 0 saturated heterocycles. The van der Waals surface area contributed by atoms with Crippen molar-refractivity contribution < 1.29 is 14.3 Å². The van der Waals surface area contributed by atoms with E-state index in [1.807, 2.05) is 26.0 Å². The minimum Gasteiger partial charge on any atom is -0.497 e. The van der Waals surface area contributed by atoms with Crippen LogP contribution < -0.4 is 4.74 Å². The van der Waals surface area contributed by atoms with Crippen LogP contribution in [0.15, 0.2) is 30.4 Å². The van der Waals surface area contributed by atoms with Gasteiger partial charge in [0, 0.05) is 5.41 Å². The summed E-state index contributed by atoms with van der Waals surface area (Å²) in [6, 6.07) is 6.12. The third-order valence-corrected chi connectivity index (χ3v) is 4.04. The Morgan fingerprint density at radius 3 is 2.80 bits per heavy atom. The van der Waals surface area contributed by atoms with E-state index < -0.39 is 0 Å². The predicted molar refractivity (Wildman–Crippen MR) is 79.0 cm³/mol. The van der Waals surface area contributed by atoms with Crippen LogP contribution in [0.3, 0.4) is 0 Å². The van der Waals surface area contributed by atoms with Gasteiger partial charge in [0.15, 0.2) is 0 Å². The molecule has 0 heterocycles. The third kappa shape index (κ3) is 2.58. The van der Waals surface area contributed by atoms with Gasteiger partial charge in [0.25, 0.3) is 0 Å². The van der Waals surface area contributed by atoms with Crippen molar-refractivity contribution in [3.8, 4) is 5.75 Å². The van der Waals surface area contributed by atoms with Crippen molar-refractivity contribution in [3.05, 3.63) is 41.5 Å². The molecule has 0 aliphatic heterocycles. The summed E-state index contributed by atoms with van der Waals surface area (Å²) in [5, 5.41) is 0. The highest BCUT2D eigenvalue weighted by Gasteiger charge is 2.42. The molecule has 1 aromatic rings. The lowest BCUT2D eigenvalue weighted by molar-refractivity contribution is -0.149. The molecule has 2 atom stereocenters. The summed E-state index contributed by atoms with van der Waals surface area (Å²) in [4.78, 5) is 12.2. The van der Waals surface area contributed by atoms with Crippen molar-refractivity contribution >= 4 is 5.97 Å². The molecule has 0 spiro atoms. The number of allylic oxidation sites excluding steroid dienone is 2. The Balaban J connectivity index is 2.40. The van der Waals surface area contributed by atoms with Crippen LogP contribution in [-0.4, -0.2) is 19.7 Å². The number of methoxy groups -OCH3 is 1. The van der Waals surface area contributed by atoms with Gasteiger partial charge in [-0.15, -0.1) is 0 Å². The fraction of sp³-hybridized carbons (Fsp3) is 0.471. The van der Waals surface area contributed by atoms with Crippen LogP contribution in [0.25, 0.3) is 0 Å². The zero-order valence-corrected chi connectivity index (χ0v) is 12.6. The minimum absolute atomic E-state index is 0.125. The molecule has 0 N–H and O–H groups in total. The van der Waals surface area contributed by atoms with E-state index in [9.17, 15) is 4.79 Å². The first-order chi connectivity index (χ1) is 9.51. The van der Waals surface area contributed by atoms with Gasteiger partial charge < -0.3 is 9.47 Å². The minimum atomic E-state index is -0.328. The Hall–Kier alpha value is -1.77. The number of rotatable bonds is 4. The monoisotopic (exact) mass is 274 g/mol. The van der Waals surface area contributed by atoms with E-state index in [-0.39, 0.29) is 17.3 Å². The van der Waals surface area contributed by atoms with Gasteiger partial charge in [-0.1, -0.05) is 25.1 Å². The predicted octanol–water partition coefficient (Wildman–Crippen LogP) is 3.40. The lowest BCUT2D eigenvalue weighted by Gasteiger charge is -2.30. The Labute approximate surface area is 120 Å². The number of benzene rings is 1. The third-order valence-electron chi connectivity index (χ3n) is 4.04. The molecule has 1 aliphatic carbocycles. The maximum absolute atomic E-state index is 12.2. The molecule has 3 nitrogen and oxygen atoms in total. The van der Waals surface area contributed by atoms with Gasteiger partial charge in [-0.25, -0.2) is 0 Å². The molecule has 3 heteroatoms. The SMILES string of the molecule is CCOC(=O)C1CC=CC1(C)c1cc(C)cc(OC)c1. The second kappa shape index (κ2) is 5.70. The number of ether oxygens (including phenoxy) is 2. The number of carbonyl (C=O) groups excluding carboxylic acids is 1. The molecule has 0 bridgehead atoms. The highest BCUT2D eigenvalue weighted by molar-refractivity contribution is 5.76. The van der Waals surface area contributed by atoms with E-state index in [0.717, 1.165) is 23.3 Å². The van der Waals surface area contributed by atoms with Crippen LogP contribution in [0, 0.1) is 12.8 Å². The van der Waals surface area contributed by atoms with Crippen molar-refractivity contribution in [3.63, 3.8) is 0 Å². The maximum atomic E-state index is 12.2. The van der Waals surface area contributed by atoms with E-state index in [1.165, 1.54) is 0 Å². The van der Waals surface area contributed by atoms with Gasteiger partial charge in [-0.05, 0) is 43.5 Å². The summed E-state index contributed by atoms with van der Waals surface area (Å²) < 4.78 is 10.6. The molecular weight excluding hydrogens is 252 g/mol. The molecule has 108 valence electrons. The molecule has 0 radical (unpaired) electrons. The summed E-state index contributed by atoms with van der Waals surface area (Å²) in [6.07, 6.45) is 4.91. The molecule has 1 aliphatic rings. The van der Waals surface area contributed by atoms with E-state index in [1.54, 1.807) is 7.11 Å². The van der Waals surface area contributed by atoms with E-state index in [2.05, 4.69) is 25.1 Å². The van der Waals surface area contributed by atoms with Crippen LogP contribution >= 0.6 is 0 Å². The standard InChI is InChI=1S/C17H22O3/c1-5-20-16(18)15-7-6-8-17(15,3)13-9-12(2)10-14(11-13)19-4/h6,8-11,15H,5,7H2,1-4H3. The summed E-state index contributed by atoms with van der Waals surface area (Å²) in [7, 11) is 1.66. The summed E-state index contributed by atoms with van der Waals surface area (Å²) in [5.74, 6) is 0.540. The summed E-state index contributed by atoms with van der Waals surface area (Å²) in [6.45, 7) is 6.38. The molecule has 0 saturated carbocycles. The molecule has 20 heavy (non-hydrogen) atoms. The fourth-order valence-corrected chi connectivity index (χ4v) is 2.87. The average Bonchev–Trinajstić information content (AvgIpc) is 2.82. The molecule has 2 unspecified atom stereocenters. The largest absolute Gasteiger partial charge is 0.497 e. The molecule has 2 rings (SSSR count). The van der Waals surface area contributed by atoms with Gasteiger partial charge >= 0.3 is 5.97 Å². The number of aryl methyl sites for hydroxylation is 1. The van der Waals surface area contributed by atoms with E-state index in [4.69, 9.17) is 9.47 Å². The number of carbonyl (C=O) groups is 1. The second-order valence-corrected chi connectivity index (χ2v) is 5.46. The highest BCUT2D eigenvalue weighted by Crippen LogP contribution is 2.42. The fourth-order valence-electron chi connectivity index (χ4n) is 2.87. The topological polar surface area (TPSA) is 35.5 Å². The zero-order valence-electron chi connectivity index (χ0n) is 12.6. The van der Waals surface area contributed by atoms with Gasteiger partial charge in [0.1, 0.15) is 5.75 Å². The second-order valence-electron chi connectivity index (χ2n) is 5.46. The van der Waals surface area contributed by atoms with Crippen LogP contribution in [0.1, 0.15) is 31.4 Å². The van der Waals surface area contributed by atoms with Gasteiger partial charge in [0.05, 0.1) is 19.6 Å². The van der Waals surface area contributed by atoms with E-state index in [0.29, 0.717) is 6.61 Å². The van der Waals surface area contributed by atoms with Crippen molar-refractivity contribution in [2.24, 2.45) is 5.92 Å². The highest BCUT2D eigenvalue weighted by atomic mass is 16.5. The van der Waals surface area contributed by atoms with Crippen molar-refractivity contribution in [2.75, 3.05) is 13.7 Å². The van der Waals surface area contributed by atoms with Gasteiger partial charge in [-0.3, -0.25) is 4.79 Å². The normalized spacial score (nSPS) is 24.7. The maximum Gasteiger partial charge on any atom is 0.310 e. The lowest BCUT2D eigenvalue weighted by Crippen LogP contribution is -2.34. The van der Waals surface area contributed by atoms with Crippen LogP contribution in [-0.2, 0) is 14.9 Å². The Morgan fingerprint density at radius 2 is 2.15 bits per heavy atom. The molecule has 1 aromatic carbocycles. The van der Waals surface area contributed by atoms with Crippen LogP contribution in [0.4, 0.5) is 0 Å². The van der Waals surface area contributed by atoms with Crippen LogP contribution in [0.5, 0.6) is 5.75 Å². The number of hydrogen-bond acceptors (Lipinski definition) is 3. The first-order valence-electron chi connectivity index (χ1n) is 7.01. The first kappa shape index (κ1) is 14.6. The van der Waals surface area contributed by atoms with Gasteiger partial charge in [0.2, 0.25) is 0 Å². The molecule has 0 amide bonds. The van der Waals surface area contributed by atoms with Crippen molar-refractivity contribution in [1.82, 2.24) is 0 Å². The quantitative estimate of drug-likeness (QED) is 0.623. The number of esters is 1. The Bertz CT molecular complexity index is 533. The number of hydrogen-bond donors (Lipinski definition) is 0. The molecule has 0 fully saturated rings.